The minimum Gasteiger partial charge on any atom is -0.445 e. The van der Waals surface area contributed by atoms with E-state index in [4.69, 9.17) is 10.5 Å². The van der Waals surface area contributed by atoms with E-state index in [2.05, 4.69) is 5.32 Å². The Balaban J connectivity index is 1.37. The lowest BCUT2D eigenvalue weighted by Crippen LogP contribution is -2.49. The summed E-state index contributed by atoms with van der Waals surface area (Å²) in [5.41, 5.74) is 7.19. The average Bonchev–Trinajstić information content (AvgIpc) is 3.21. The molecule has 7 heteroatoms. The molecule has 3 rings (SSSR count). The van der Waals surface area contributed by atoms with Gasteiger partial charge >= 0.3 is 6.09 Å². The third kappa shape index (κ3) is 5.14. The number of hydrogen-bond acceptors (Lipinski definition) is 5. The molecule has 3 N–H and O–H groups in total. The van der Waals surface area contributed by atoms with Gasteiger partial charge in [0.1, 0.15) is 6.61 Å². The molecule has 1 aliphatic heterocycles. The maximum atomic E-state index is 12.4. The van der Waals surface area contributed by atoms with Crippen LogP contribution in [0.25, 0.3) is 0 Å². The summed E-state index contributed by atoms with van der Waals surface area (Å²) in [5.74, 6) is 2.04. The van der Waals surface area contributed by atoms with Crippen LogP contribution in [0.5, 0.6) is 0 Å². The minimum atomic E-state index is -0.417. The number of benzene rings is 1. The Labute approximate surface area is 158 Å². The summed E-state index contributed by atoms with van der Waals surface area (Å²) in [6, 6.07) is 9.30. The first-order valence-corrected chi connectivity index (χ1v) is 10.4. The Hall–Kier alpha value is -1.73. The maximum Gasteiger partial charge on any atom is 0.407 e. The van der Waals surface area contributed by atoms with Crippen molar-refractivity contribution in [1.29, 1.82) is 0 Å². The van der Waals surface area contributed by atoms with Crippen molar-refractivity contribution < 1.29 is 14.3 Å². The van der Waals surface area contributed by atoms with Crippen molar-refractivity contribution in [2.75, 3.05) is 18.2 Å². The number of rotatable bonds is 5. The molecule has 0 bridgehead atoms. The Morgan fingerprint density at radius 1 is 1.23 bits per heavy atom. The molecule has 1 aliphatic carbocycles. The molecule has 0 aromatic heterocycles. The van der Waals surface area contributed by atoms with Gasteiger partial charge in [-0.25, -0.2) is 4.79 Å². The third-order valence-corrected chi connectivity index (χ3v) is 6.13. The Morgan fingerprint density at radius 2 is 1.96 bits per heavy atom. The zero-order valence-electron chi connectivity index (χ0n) is 14.9. The van der Waals surface area contributed by atoms with E-state index in [0.717, 1.165) is 49.4 Å². The first-order valence-electron chi connectivity index (χ1n) is 9.23. The molecular weight excluding hydrogens is 350 g/mol. The summed E-state index contributed by atoms with van der Waals surface area (Å²) in [6.45, 7) is 1.08. The van der Waals surface area contributed by atoms with E-state index in [9.17, 15) is 9.59 Å². The van der Waals surface area contributed by atoms with E-state index in [-0.39, 0.29) is 30.6 Å². The van der Waals surface area contributed by atoms with Gasteiger partial charge in [0.2, 0.25) is 5.91 Å². The van der Waals surface area contributed by atoms with Gasteiger partial charge in [-0.15, -0.1) is 11.8 Å². The first-order chi connectivity index (χ1) is 12.6. The summed E-state index contributed by atoms with van der Waals surface area (Å²) < 4.78 is 5.27. The Bertz CT molecular complexity index is 599. The van der Waals surface area contributed by atoms with Gasteiger partial charge < -0.3 is 20.7 Å². The van der Waals surface area contributed by atoms with Gasteiger partial charge in [0.05, 0.1) is 11.9 Å². The summed E-state index contributed by atoms with van der Waals surface area (Å²) in [4.78, 5) is 26.2. The first kappa shape index (κ1) is 19.0. The molecule has 2 amide bonds. The summed E-state index contributed by atoms with van der Waals surface area (Å²) >= 11 is 1.77. The highest BCUT2D eigenvalue weighted by Gasteiger charge is 2.33. The van der Waals surface area contributed by atoms with E-state index < -0.39 is 6.04 Å². The highest BCUT2D eigenvalue weighted by molar-refractivity contribution is 7.99. The highest BCUT2D eigenvalue weighted by atomic mass is 32.2. The van der Waals surface area contributed by atoms with Crippen molar-refractivity contribution >= 4 is 23.8 Å². The lowest BCUT2D eigenvalue weighted by molar-refractivity contribution is -0.132. The van der Waals surface area contributed by atoms with E-state index >= 15 is 0 Å². The molecule has 0 spiro atoms. The molecule has 1 aromatic carbocycles. The maximum absolute atomic E-state index is 12.4. The van der Waals surface area contributed by atoms with E-state index in [1.165, 1.54) is 0 Å². The Morgan fingerprint density at radius 3 is 2.62 bits per heavy atom. The fraction of sp³-hybridized carbons (Fsp3) is 0.579. The van der Waals surface area contributed by atoms with Gasteiger partial charge in [0.15, 0.2) is 0 Å². The van der Waals surface area contributed by atoms with Crippen molar-refractivity contribution in [3.05, 3.63) is 35.9 Å². The van der Waals surface area contributed by atoms with Crippen molar-refractivity contribution in [2.24, 2.45) is 11.7 Å². The molecular formula is C19H27N3O3S. The quantitative estimate of drug-likeness (QED) is 0.823. The van der Waals surface area contributed by atoms with Crippen LogP contribution in [0.15, 0.2) is 30.3 Å². The van der Waals surface area contributed by atoms with Gasteiger partial charge in [-0.3, -0.25) is 4.79 Å². The SMILES string of the molecule is N[C@H](C(=O)N1CCSC1)C1CCC(NC(=O)OCc2ccccc2)CC1. The average molecular weight is 378 g/mol. The lowest BCUT2D eigenvalue weighted by atomic mass is 9.81. The fourth-order valence-corrected chi connectivity index (χ4v) is 4.51. The minimum absolute atomic E-state index is 0.0775. The fourth-order valence-electron chi connectivity index (χ4n) is 3.55. The van der Waals surface area contributed by atoms with Crippen LogP contribution in [-0.2, 0) is 16.1 Å². The van der Waals surface area contributed by atoms with Crippen molar-refractivity contribution in [1.82, 2.24) is 10.2 Å². The molecule has 1 heterocycles. The predicted molar refractivity (Wildman–Crippen MR) is 103 cm³/mol. The van der Waals surface area contributed by atoms with Crippen LogP contribution >= 0.6 is 11.8 Å². The lowest BCUT2D eigenvalue weighted by Gasteiger charge is -2.33. The number of hydrogen-bond donors (Lipinski definition) is 2. The monoisotopic (exact) mass is 377 g/mol. The standard InChI is InChI=1S/C19H27N3O3S/c20-17(18(23)22-10-11-26-13-22)15-6-8-16(9-7-15)21-19(24)25-12-14-4-2-1-3-5-14/h1-5,15-17H,6-13,20H2,(H,21,24)/t15?,16?,17-/m0/s1. The molecule has 2 fully saturated rings. The van der Waals surface area contributed by atoms with E-state index in [0.29, 0.717) is 0 Å². The molecule has 1 saturated carbocycles. The molecule has 6 nitrogen and oxygen atoms in total. The number of carbonyl (C=O) groups is 2. The van der Waals surface area contributed by atoms with Gasteiger partial charge in [0.25, 0.3) is 0 Å². The van der Waals surface area contributed by atoms with E-state index in [1.54, 1.807) is 11.8 Å². The van der Waals surface area contributed by atoms with E-state index in [1.807, 2.05) is 35.2 Å². The van der Waals surface area contributed by atoms with Crippen molar-refractivity contribution in [2.45, 2.75) is 44.4 Å². The normalized spacial score (nSPS) is 24.1. The van der Waals surface area contributed by atoms with Crippen LogP contribution in [0, 0.1) is 5.92 Å². The number of nitrogens with one attached hydrogen (secondary N) is 1. The van der Waals surface area contributed by atoms with Crippen LogP contribution < -0.4 is 11.1 Å². The number of amides is 2. The molecule has 0 unspecified atom stereocenters. The number of carbonyl (C=O) groups excluding carboxylic acids is 2. The Kier molecular flexibility index (Phi) is 6.80. The number of nitrogens with zero attached hydrogens (tertiary/aromatic N) is 1. The summed E-state index contributed by atoms with van der Waals surface area (Å²) in [7, 11) is 0. The zero-order chi connectivity index (χ0) is 18.4. The second kappa shape index (κ2) is 9.28. The van der Waals surface area contributed by atoms with Gasteiger partial charge in [-0.2, -0.15) is 0 Å². The van der Waals surface area contributed by atoms with Crippen LogP contribution in [0.3, 0.4) is 0 Å². The third-order valence-electron chi connectivity index (χ3n) is 5.16. The number of thioether (sulfide) groups is 1. The van der Waals surface area contributed by atoms with Crippen molar-refractivity contribution in [3.63, 3.8) is 0 Å². The molecule has 1 atom stereocenters. The summed E-state index contributed by atoms with van der Waals surface area (Å²) in [5, 5.41) is 2.93. The zero-order valence-corrected chi connectivity index (χ0v) is 15.7. The van der Waals surface area contributed by atoms with Gasteiger partial charge in [0, 0.05) is 18.3 Å². The highest BCUT2D eigenvalue weighted by Crippen LogP contribution is 2.28. The predicted octanol–water partition coefficient (Wildman–Crippen LogP) is 2.33. The molecule has 0 radical (unpaired) electrons. The molecule has 1 aromatic rings. The van der Waals surface area contributed by atoms with Crippen LogP contribution in [-0.4, -0.2) is 47.2 Å². The van der Waals surface area contributed by atoms with Gasteiger partial charge in [-0.1, -0.05) is 30.3 Å². The topological polar surface area (TPSA) is 84.7 Å². The molecule has 142 valence electrons. The second-order valence-corrected chi connectivity index (χ2v) is 8.06. The van der Waals surface area contributed by atoms with Crippen LogP contribution in [0.4, 0.5) is 4.79 Å². The van der Waals surface area contributed by atoms with Gasteiger partial charge in [-0.05, 0) is 37.2 Å². The largest absolute Gasteiger partial charge is 0.445 e. The van der Waals surface area contributed by atoms with Crippen molar-refractivity contribution in [3.8, 4) is 0 Å². The smallest absolute Gasteiger partial charge is 0.407 e. The molecule has 26 heavy (non-hydrogen) atoms. The molecule has 2 aliphatic rings. The number of nitrogens with two attached hydrogens (primary N) is 1. The van der Waals surface area contributed by atoms with Crippen LogP contribution in [0.2, 0.25) is 0 Å². The van der Waals surface area contributed by atoms with Crippen LogP contribution in [0.1, 0.15) is 31.2 Å². The summed E-state index contributed by atoms with van der Waals surface area (Å²) in [6.07, 6.45) is 3.00. The number of alkyl carbamates (subject to hydrolysis) is 1. The second-order valence-electron chi connectivity index (χ2n) is 6.98. The number of ether oxygens (including phenoxy) is 1. The molecule has 1 saturated heterocycles.